The van der Waals surface area contributed by atoms with Gasteiger partial charge in [0.1, 0.15) is 6.10 Å². The molecular weight excluding hydrogens is 182 g/mol. The Labute approximate surface area is 83.6 Å². The highest BCUT2D eigenvalue weighted by molar-refractivity contribution is 7.12. The molecule has 2 N–H and O–H groups in total. The van der Waals surface area contributed by atoms with E-state index in [1.165, 1.54) is 4.88 Å². The molecule has 0 aromatic carbocycles. The second-order valence-corrected chi connectivity index (χ2v) is 5.14. The van der Waals surface area contributed by atoms with E-state index < -0.39 is 6.10 Å². The molecular formula is C10H17NOS. The quantitative estimate of drug-likeness (QED) is 0.781. The van der Waals surface area contributed by atoms with E-state index in [4.69, 9.17) is 0 Å². The molecule has 0 fully saturated rings. The molecule has 1 heterocycles. The van der Waals surface area contributed by atoms with Crippen molar-refractivity contribution < 1.29 is 5.11 Å². The Morgan fingerprint density at radius 3 is 2.46 bits per heavy atom. The third-order valence-electron chi connectivity index (χ3n) is 2.36. The van der Waals surface area contributed by atoms with Crippen LogP contribution >= 0.6 is 11.3 Å². The predicted octanol–water partition coefficient (Wildman–Crippen LogP) is 2.09. The number of hydrogen-bond acceptors (Lipinski definition) is 3. The lowest BCUT2D eigenvalue weighted by Gasteiger charge is -2.29. The Hall–Kier alpha value is -0.380. The van der Waals surface area contributed by atoms with Crippen molar-refractivity contribution in [2.75, 3.05) is 7.05 Å². The number of likely N-dealkylation sites (N-methyl/N-ethyl adjacent to an activating group) is 1. The summed E-state index contributed by atoms with van der Waals surface area (Å²) in [5.41, 5.74) is -0.267. The first-order chi connectivity index (χ1) is 5.97. The topological polar surface area (TPSA) is 32.3 Å². The predicted molar refractivity (Wildman–Crippen MR) is 57.2 cm³/mol. The van der Waals surface area contributed by atoms with Crippen LogP contribution in [0.25, 0.3) is 0 Å². The highest BCUT2D eigenvalue weighted by Gasteiger charge is 2.27. The Kier molecular flexibility index (Phi) is 3.11. The van der Waals surface area contributed by atoms with E-state index in [0.29, 0.717) is 0 Å². The van der Waals surface area contributed by atoms with Gasteiger partial charge in [-0.1, -0.05) is 0 Å². The summed E-state index contributed by atoms with van der Waals surface area (Å²) in [5.74, 6) is 0. The third kappa shape index (κ3) is 2.30. The highest BCUT2D eigenvalue weighted by atomic mass is 32.1. The maximum absolute atomic E-state index is 10.0. The van der Waals surface area contributed by atoms with Crippen molar-refractivity contribution in [2.45, 2.75) is 32.4 Å². The molecule has 13 heavy (non-hydrogen) atoms. The van der Waals surface area contributed by atoms with Gasteiger partial charge < -0.3 is 10.4 Å². The molecule has 74 valence electrons. The van der Waals surface area contributed by atoms with Crippen LogP contribution in [-0.4, -0.2) is 17.7 Å². The molecule has 0 bridgehead atoms. The summed E-state index contributed by atoms with van der Waals surface area (Å²) >= 11 is 1.65. The van der Waals surface area contributed by atoms with Crippen LogP contribution in [0, 0.1) is 6.92 Å². The van der Waals surface area contributed by atoms with Gasteiger partial charge in [-0.05, 0) is 40.0 Å². The van der Waals surface area contributed by atoms with Gasteiger partial charge in [0.15, 0.2) is 0 Å². The van der Waals surface area contributed by atoms with Crippen molar-refractivity contribution in [1.29, 1.82) is 0 Å². The minimum absolute atomic E-state index is 0.267. The molecule has 0 saturated carbocycles. The maximum atomic E-state index is 10.0. The second kappa shape index (κ2) is 3.78. The van der Waals surface area contributed by atoms with Crippen LogP contribution in [-0.2, 0) is 0 Å². The molecule has 0 radical (unpaired) electrons. The van der Waals surface area contributed by atoms with Crippen molar-refractivity contribution >= 4 is 11.3 Å². The van der Waals surface area contributed by atoms with Crippen LogP contribution in [0.1, 0.15) is 29.7 Å². The Balaban J connectivity index is 2.84. The molecule has 0 aliphatic rings. The fraction of sp³-hybridized carbons (Fsp3) is 0.600. The Morgan fingerprint density at radius 1 is 1.46 bits per heavy atom. The smallest absolute Gasteiger partial charge is 0.106 e. The zero-order valence-corrected chi connectivity index (χ0v) is 9.40. The third-order valence-corrected chi connectivity index (χ3v) is 3.41. The fourth-order valence-corrected chi connectivity index (χ4v) is 2.14. The second-order valence-electron chi connectivity index (χ2n) is 3.82. The number of hydrogen-bond donors (Lipinski definition) is 2. The van der Waals surface area contributed by atoms with Gasteiger partial charge in [-0.25, -0.2) is 0 Å². The van der Waals surface area contributed by atoms with Gasteiger partial charge in [-0.15, -0.1) is 11.3 Å². The average molecular weight is 199 g/mol. The van der Waals surface area contributed by atoms with Crippen LogP contribution in [0.2, 0.25) is 0 Å². The Morgan fingerprint density at radius 2 is 2.08 bits per heavy atom. The minimum Gasteiger partial charge on any atom is -0.386 e. The van der Waals surface area contributed by atoms with Gasteiger partial charge in [0.25, 0.3) is 0 Å². The number of rotatable bonds is 3. The number of thiophene rings is 1. The van der Waals surface area contributed by atoms with E-state index in [-0.39, 0.29) is 5.54 Å². The number of aryl methyl sites for hydroxylation is 1. The molecule has 2 nitrogen and oxygen atoms in total. The normalized spacial score (nSPS) is 14.5. The van der Waals surface area contributed by atoms with Gasteiger partial charge >= 0.3 is 0 Å². The monoisotopic (exact) mass is 199 g/mol. The molecule has 1 atom stereocenters. The SMILES string of the molecule is CNC(C)(C)C(O)c1ccc(C)s1. The van der Waals surface area contributed by atoms with E-state index in [1.807, 2.05) is 40.0 Å². The summed E-state index contributed by atoms with van der Waals surface area (Å²) in [4.78, 5) is 2.26. The first-order valence-electron chi connectivity index (χ1n) is 4.40. The molecule has 0 spiro atoms. The van der Waals surface area contributed by atoms with Crippen molar-refractivity contribution in [1.82, 2.24) is 5.32 Å². The number of aliphatic hydroxyl groups is 1. The molecule has 1 aromatic heterocycles. The molecule has 3 heteroatoms. The maximum Gasteiger partial charge on any atom is 0.106 e. The molecule has 0 aliphatic heterocycles. The van der Waals surface area contributed by atoms with Crippen LogP contribution in [0.5, 0.6) is 0 Å². The van der Waals surface area contributed by atoms with Crippen LogP contribution in [0.3, 0.4) is 0 Å². The van der Waals surface area contributed by atoms with E-state index in [2.05, 4.69) is 5.32 Å². The lowest BCUT2D eigenvalue weighted by Crippen LogP contribution is -2.42. The van der Waals surface area contributed by atoms with Crippen LogP contribution in [0.15, 0.2) is 12.1 Å². The summed E-state index contributed by atoms with van der Waals surface area (Å²) in [6.45, 7) is 6.03. The van der Waals surface area contributed by atoms with Crippen molar-refractivity contribution in [3.05, 3.63) is 21.9 Å². The zero-order valence-electron chi connectivity index (χ0n) is 8.59. The van der Waals surface area contributed by atoms with E-state index >= 15 is 0 Å². The van der Waals surface area contributed by atoms with Crippen molar-refractivity contribution in [2.24, 2.45) is 0 Å². The molecule has 0 aliphatic carbocycles. The molecule has 0 saturated heterocycles. The molecule has 1 unspecified atom stereocenters. The zero-order chi connectivity index (χ0) is 10.1. The van der Waals surface area contributed by atoms with E-state index in [1.54, 1.807) is 11.3 Å². The minimum atomic E-state index is -0.434. The Bertz CT molecular complexity index is 280. The summed E-state index contributed by atoms with van der Waals surface area (Å²) in [6, 6.07) is 4.03. The largest absolute Gasteiger partial charge is 0.386 e. The summed E-state index contributed by atoms with van der Waals surface area (Å²) in [7, 11) is 1.86. The summed E-state index contributed by atoms with van der Waals surface area (Å²) < 4.78 is 0. The van der Waals surface area contributed by atoms with Crippen molar-refractivity contribution in [3.63, 3.8) is 0 Å². The van der Waals surface area contributed by atoms with Crippen LogP contribution < -0.4 is 5.32 Å². The fourth-order valence-electron chi connectivity index (χ4n) is 1.09. The highest BCUT2D eigenvalue weighted by Crippen LogP contribution is 2.30. The number of aliphatic hydroxyl groups excluding tert-OH is 1. The van der Waals surface area contributed by atoms with Gasteiger partial charge in [-0.3, -0.25) is 0 Å². The first kappa shape index (κ1) is 10.7. The summed E-state index contributed by atoms with van der Waals surface area (Å²) in [6.07, 6.45) is -0.434. The standard InChI is InChI=1S/C10H17NOS/c1-7-5-6-8(13-7)9(12)10(2,3)11-4/h5-6,9,11-12H,1-4H3. The van der Waals surface area contributed by atoms with E-state index in [9.17, 15) is 5.11 Å². The molecule has 1 aromatic rings. The summed E-state index contributed by atoms with van der Waals surface area (Å²) in [5, 5.41) is 13.1. The van der Waals surface area contributed by atoms with Crippen LogP contribution in [0.4, 0.5) is 0 Å². The van der Waals surface area contributed by atoms with Crippen molar-refractivity contribution in [3.8, 4) is 0 Å². The molecule has 1 rings (SSSR count). The van der Waals surface area contributed by atoms with Gasteiger partial charge in [0, 0.05) is 15.3 Å². The lowest BCUT2D eigenvalue weighted by atomic mass is 9.96. The average Bonchev–Trinajstić information content (AvgIpc) is 2.50. The first-order valence-corrected chi connectivity index (χ1v) is 5.22. The van der Waals surface area contributed by atoms with Gasteiger partial charge in [-0.2, -0.15) is 0 Å². The number of nitrogens with one attached hydrogen (secondary N) is 1. The van der Waals surface area contributed by atoms with E-state index in [0.717, 1.165) is 4.88 Å². The molecule has 0 amide bonds. The lowest BCUT2D eigenvalue weighted by molar-refractivity contribution is 0.0886. The van der Waals surface area contributed by atoms with Gasteiger partial charge in [0.2, 0.25) is 0 Å². The van der Waals surface area contributed by atoms with Gasteiger partial charge in [0.05, 0.1) is 0 Å².